The standard InChI is InChI=1S/C19H18N2O2S/c1-21(15-10-12-16(22)13-11-15)19-20-18(23)17(24-19)9-5-8-14-6-3-2-4-7-14/h2-13,19,22H,1H3,(H,20,23). The quantitative estimate of drug-likeness (QED) is 0.837. The fourth-order valence-corrected chi connectivity index (χ4v) is 3.32. The lowest BCUT2D eigenvalue weighted by molar-refractivity contribution is -0.116. The number of anilines is 1. The van der Waals surface area contributed by atoms with Crippen LogP contribution in [0.3, 0.4) is 0 Å². The van der Waals surface area contributed by atoms with E-state index >= 15 is 0 Å². The van der Waals surface area contributed by atoms with Crippen LogP contribution in [0.5, 0.6) is 5.75 Å². The monoisotopic (exact) mass is 338 g/mol. The molecule has 0 aromatic heterocycles. The van der Waals surface area contributed by atoms with Gasteiger partial charge in [0.15, 0.2) is 5.50 Å². The molecule has 122 valence electrons. The van der Waals surface area contributed by atoms with E-state index in [1.165, 1.54) is 11.8 Å². The van der Waals surface area contributed by atoms with E-state index in [4.69, 9.17) is 0 Å². The summed E-state index contributed by atoms with van der Waals surface area (Å²) in [7, 11) is 1.91. The van der Waals surface area contributed by atoms with Crippen molar-refractivity contribution in [3.63, 3.8) is 0 Å². The van der Waals surface area contributed by atoms with E-state index in [0.29, 0.717) is 4.91 Å². The number of carbonyl (C=O) groups excluding carboxylic acids is 1. The summed E-state index contributed by atoms with van der Waals surface area (Å²) in [5, 5.41) is 12.3. The molecule has 1 atom stereocenters. The average molecular weight is 338 g/mol. The van der Waals surface area contributed by atoms with Crippen LogP contribution in [-0.4, -0.2) is 23.6 Å². The summed E-state index contributed by atoms with van der Waals surface area (Å²) in [4.78, 5) is 14.8. The lowest BCUT2D eigenvalue weighted by Gasteiger charge is -2.25. The summed E-state index contributed by atoms with van der Waals surface area (Å²) in [6.07, 6.45) is 5.69. The lowest BCUT2D eigenvalue weighted by Crippen LogP contribution is -2.39. The number of phenolic OH excluding ortho intramolecular Hbond substituents is 1. The van der Waals surface area contributed by atoms with Crippen molar-refractivity contribution in [2.75, 3.05) is 11.9 Å². The number of nitrogens with one attached hydrogen (secondary N) is 1. The van der Waals surface area contributed by atoms with Gasteiger partial charge >= 0.3 is 0 Å². The van der Waals surface area contributed by atoms with Crippen LogP contribution in [0.4, 0.5) is 5.69 Å². The number of carbonyl (C=O) groups is 1. The molecule has 0 bridgehead atoms. The van der Waals surface area contributed by atoms with Crippen molar-refractivity contribution in [3.05, 3.63) is 77.2 Å². The van der Waals surface area contributed by atoms with Crippen molar-refractivity contribution < 1.29 is 9.90 Å². The summed E-state index contributed by atoms with van der Waals surface area (Å²) in [6.45, 7) is 0. The van der Waals surface area contributed by atoms with Crippen molar-refractivity contribution in [1.82, 2.24) is 5.32 Å². The van der Waals surface area contributed by atoms with Gasteiger partial charge in [-0.3, -0.25) is 4.79 Å². The molecule has 5 heteroatoms. The van der Waals surface area contributed by atoms with Gasteiger partial charge in [0.05, 0.1) is 4.91 Å². The van der Waals surface area contributed by atoms with Crippen LogP contribution in [-0.2, 0) is 4.79 Å². The topological polar surface area (TPSA) is 52.6 Å². The van der Waals surface area contributed by atoms with Crippen molar-refractivity contribution in [1.29, 1.82) is 0 Å². The van der Waals surface area contributed by atoms with Crippen LogP contribution >= 0.6 is 11.8 Å². The Morgan fingerprint density at radius 1 is 1.12 bits per heavy atom. The zero-order valence-corrected chi connectivity index (χ0v) is 14.0. The number of benzene rings is 2. The van der Waals surface area contributed by atoms with Gasteiger partial charge in [-0.15, -0.1) is 0 Å². The number of hydrogen-bond acceptors (Lipinski definition) is 4. The maximum atomic E-state index is 12.1. The van der Waals surface area contributed by atoms with Crippen LogP contribution in [0.25, 0.3) is 6.08 Å². The van der Waals surface area contributed by atoms with Crippen LogP contribution < -0.4 is 10.2 Å². The summed E-state index contributed by atoms with van der Waals surface area (Å²) in [5.74, 6) is 0.148. The van der Waals surface area contributed by atoms with Crippen molar-refractivity contribution in [2.24, 2.45) is 0 Å². The molecule has 3 rings (SSSR count). The Morgan fingerprint density at radius 3 is 2.54 bits per heavy atom. The summed E-state index contributed by atoms with van der Waals surface area (Å²) < 4.78 is 0. The minimum Gasteiger partial charge on any atom is -0.508 e. The highest BCUT2D eigenvalue weighted by molar-refractivity contribution is 8.05. The molecular formula is C19H18N2O2S. The number of allylic oxidation sites excluding steroid dienone is 2. The second-order valence-electron chi connectivity index (χ2n) is 5.37. The van der Waals surface area contributed by atoms with Gasteiger partial charge in [0.25, 0.3) is 5.91 Å². The molecule has 1 aliphatic rings. The van der Waals surface area contributed by atoms with Gasteiger partial charge < -0.3 is 15.3 Å². The molecule has 1 amide bonds. The Balaban J connectivity index is 1.68. The first-order chi connectivity index (χ1) is 11.6. The third-order valence-electron chi connectivity index (χ3n) is 3.66. The molecule has 2 aromatic rings. The van der Waals surface area contributed by atoms with E-state index < -0.39 is 0 Å². The largest absolute Gasteiger partial charge is 0.508 e. The van der Waals surface area contributed by atoms with Crippen LogP contribution in [0.1, 0.15) is 5.56 Å². The third-order valence-corrected chi connectivity index (χ3v) is 4.89. The van der Waals surface area contributed by atoms with E-state index in [0.717, 1.165) is 11.3 Å². The number of amides is 1. The van der Waals surface area contributed by atoms with E-state index in [1.54, 1.807) is 12.1 Å². The summed E-state index contributed by atoms with van der Waals surface area (Å²) in [6, 6.07) is 16.9. The van der Waals surface area contributed by atoms with E-state index in [2.05, 4.69) is 5.32 Å². The van der Waals surface area contributed by atoms with Crippen molar-refractivity contribution in [3.8, 4) is 5.75 Å². The zero-order chi connectivity index (χ0) is 16.9. The van der Waals surface area contributed by atoms with Gasteiger partial charge in [-0.25, -0.2) is 0 Å². The lowest BCUT2D eigenvalue weighted by atomic mass is 10.2. The highest BCUT2D eigenvalue weighted by Crippen LogP contribution is 2.32. The molecule has 0 spiro atoms. The SMILES string of the molecule is CN(c1ccc(O)cc1)C1NC(=O)C(=CC=Cc2ccccc2)S1. The molecule has 2 aromatic carbocycles. The fourth-order valence-electron chi connectivity index (χ4n) is 2.31. The van der Waals surface area contributed by atoms with Gasteiger partial charge in [-0.05, 0) is 35.9 Å². The van der Waals surface area contributed by atoms with Crippen LogP contribution in [0.15, 0.2) is 71.7 Å². The molecule has 0 saturated carbocycles. The molecule has 0 radical (unpaired) electrons. The Morgan fingerprint density at radius 2 is 1.83 bits per heavy atom. The predicted octanol–water partition coefficient (Wildman–Crippen LogP) is 3.57. The van der Waals surface area contributed by atoms with E-state index in [-0.39, 0.29) is 17.2 Å². The Hall–Kier alpha value is -2.66. The van der Waals surface area contributed by atoms with Crippen LogP contribution in [0, 0.1) is 0 Å². The smallest absolute Gasteiger partial charge is 0.260 e. The first-order valence-corrected chi connectivity index (χ1v) is 8.44. The number of phenols is 1. The molecule has 1 unspecified atom stereocenters. The Kier molecular flexibility index (Phi) is 4.91. The molecule has 0 aliphatic carbocycles. The number of rotatable bonds is 4. The van der Waals surface area contributed by atoms with E-state index in [9.17, 15) is 9.90 Å². The molecule has 4 nitrogen and oxygen atoms in total. The molecule has 1 heterocycles. The second kappa shape index (κ2) is 7.27. The van der Waals surface area contributed by atoms with Crippen LogP contribution in [0.2, 0.25) is 0 Å². The third kappa shape index (κ3) is 3.81. The maximum Gasteiger partial charge on any atom is 0.260 e. The Labute approximate surface area is 145 Å². The summed E-state index contributed by atoms with van der Waals surface area (Å²) >= 11 is 1.47. The minimum absolute atomic E-state index is 0.0756. The zero-order valence-electron chi connectivity index (χ0n) is 13.2. The molecule has 1 saturated heterocycles. The number of thioether (sulfide) groups is 1. The normalized spacial score (nSPS) is 19.0. The van der Waals surface area contributed by atoms with E-state index in [1.807, 2.05) is 72.6 Å². The first-order valence-electron chi connectivity index (χ1n) is 7.56. The maximum absolute atomic E-state index is 12.1. The van der Waals surface area contributed by atoms with Gasteiger partial charge in [0, 0.05) is 12.7 Å². The minimum atomic E-state index is -0.168. The highest BCUT2D eigenvalue weighted by Gasteiger charge is 2.29. The van der Waals surface area contributed by atoms with Gasteiger partial charge in [0.2, 0.25) is 0 Å². The number of nitrogens with zero attached hydrogens (tertiary/aromatic N) is 1. The van der Waals surface area contributed by atoms with Crippen molar-refractivity contribution >= 4 is 29.4 Å². The molecule has 24 heavy (non-hydrogen) atoms. The number of aromatic hydroxyl groups is 1. The van der Waals surface area contributed by atoms with Gasteiger partial charge in [-0.2, -0.15) is 0 Å². The predicted molar refractivity (Wildman–Crippen MR) is 99.6 cm³/mol. The highest BCUT2D eigenvalue weighted by atomic mass is 32.2. The fraction of sp³-hybridized carbons (Fsp3) is 0.105. The van der Waals surface area contributed by atoms with Gasteiger partial charge in [-0.1, -0.05) is 54.2 Å². The molecule has 1 aliphatic heterocycles. The summed E-state index contributed by atoms with van der Waals surface area (Å²) in [5.41, 5.74) is 1.85. The molecule has 2 N–H and O–H groups in total. The molecule has 1 fully saturated rings. The first kappa shape index (κ1) is 16.2. The molecular weight excluding hydrogens is 320 g/mol. The Bertz CT molecular complexity index is 770. The average Bonchev–Trinajstić information content (AvgIpc) is 2.97. The van der Waals surface area contributed by atoms with Crippen molar-refractivity contribution in [2.45, 2.75) is 5.50 Å². The number of hydrogen-bond donors (Lipinski definition) is 2. The second-order valence-corrected chi connectivity index (χ2v) is 6.49. The van der Waals surface area contributed by atoms with Gasteiger partial charge in [0.1, 0.15) is 5.75 Å².